The van der Waals surface area contributed by atoms with Crippen molar-refractivity contribution < 1.29 is 26.3 Å². The number of aromatic nitrogens is 1. The Hall–Kier alpha value is -1.53. The van der Waals surface area contributed by atoms with Gasteiger partial charge in [0.25, 0.3) is 9.05 Å². The maximum absolute atomic E-state index is 12.0. The average molecular weight is 301 g/mol. The Morgan fingerprint density at radius 3 is 2.44 bits per heavy atom. The van der Waals surface area contributed by atoms with Crippen LogP contribution in [0.4, 0.5) is 13.2 Å². The number of halogens is 4. The van der Waals surface area contributed by atoms with Crippen molar-refractivity contribution in [1.29, 1.82) is 5.26 Å². The number of pyridine rings is 1. The van der Waals surface area contributed by atoms with E-state index in [-0.39, 0.29) is 5.69 Å². The Bertz CT molecular complexity index is 622. The minimum atomic E-state index is -4.99. The van der Waals surface area contributed by atoms with Crippen molar-refractivity contribution in [2.24, 2.45) is 0 Å². The van der Waals surface area contributed by atoms with Crippen molar-refractivity contribution in [1.82, 2.24) is 4.98 Å². The Morgan fingerprint density at radius 1 is 1.50 bits per heavy atom. The molecule has 1 rings (SSSR count). The summed E-state index contributed by atoms with van der Waals surface area (Å²) in [6.07, 6.45) is -4.99. The van der Waals surface area contributed by atoms with Crippen LogP contribution in [-0.4, -0.2) is 19.8 Å². The van der Waals surface area contributed by atoms with Gasteiger partial charge in [-0.15, -0.1) is 13.2 Å². The first-order chi connectivity index (χ1) is 8.04. The maximum atomic E-state index is 12.0. The van der Waals surface area contributed by atoms with Crippen LogP contribution in [0.25, 0.3) is 0 Å². The van der Waals surface area contributed by atoms with Crippen LogP contribution >= 0.6 is 10.7 Å². The number of aryl methyl sites for hydroxylation is 1. The molecule has 0 unspecified atom stereocenters. The van der Waals surface area contributed by atoms with Crippen LogP contribution in [0.5, 0.6) is 5.88 Å². The first-order valence-electron chi connectivity index (χ1n) is 4.17. The van der Waals surface area contributed by atoms with E-state index >= 15 is 0 Å². The molecule has 0 saturated heterocycles. The van der Waals surface area contributed by atoms with Crippen LogP contribution in [0.3, 0.4) is 0 Å². The topological polar surface area (TPSA) is 80.0 Å². The summed E-state index contributed by atoms with van der Waals surface area (Å²) in [4.78, 5) is 2.64. The lowest BCUT2D eigenvalue weighted by atomic mass is 10.2. The van der Waals surface area contributed by atoms with Crippen LogP contribution in [-0.2, 0) is 9.05 Å². The Balaban J connectivity index is 3.43. The van der Waals surface area contributed by atoms with Gasteiger partial charge in [-0.2, -0.15) is 5.26 Å². The van der Waals surface area contributed by atoms with Crippen LogP contribution in [0.15, 0.2) is 11.0 Å². The average Bonchev–Trinajstić information content (AvgIpc) is 2.11. The van der Waals surface area contributed by atoms with Crippen LogP contribution in [0, 0.1) is 18.3 Å². The van der Waals surface area contributed by atoms with Crippen molar-refractivity contribution in [2.45, 2.75) is 18.2 Å². The van der Waals surface area contributed by atoms with Gasteiger partial charge in [0, 0.05) is 16.7 Å². The van der Waals surface area contributed by atoms with Crippen molar-refractivity contribution in [3.05, 3.63) is 17.3 Å². The minimum absolute atomic E-state index is 0.358. The molecular formula is C8H4ClF3N2O3S. The van der Waals surface area contributed by atoms with Gasteiger partial charge in [-0.1, -0.05) is 0 Å². The molecule has 0 aliphatic heterocycles. The van der Waals surface area contributed by atoms with Crippen LogP contribution in [0.1, 0.15) is 11.3 Å². The predicted molar refractivity (Wildman–Crippen MR) is 53.4 cm³/mol. The third-order valence-electron chi connectivity index (χ3n) is 1.70. The molecule has 0 N–H and O–H groups in total. The molecule has 10 heteroatoms. The summed E-state index contributed by atoms with van der Waals surface area (Å²) in [6, 6.07) is 1.97. The lowest BCUT2D eigenvalue weighted by Crippen LogP contribution is -2.18. The zero-order chi connectivity index (χ0) is 14.1. The molecule has 5 nitrogen and oxygen atoms in total. The van der Waals surface area contributed by atoms with Crippen molar-refractivity contribution in [2.75, 3.05) is 0 Å². The summed E-state index contributed by atoms with van der Waals surface area (Å²) in [5.74, 6) is -0.930. The van der Waals surface area contributed by atoms with E-state index in [0.29, 0.717) is 6.07 Å². The van der Waals surface area contributed by atoms with Gasteiger partial charge in [0.2, 0.25) is 5.88 Å². The van der Waals surface area contributed by atoms with Gasteiger partial charge in [0.15, 0.2) is 0 Å². The summed E-state index contributed by atoms with van der Waals surface area (Å²) in [7, 11) is 0.765. The van der Waals surface area contributed by atoms with E-state index in [9.17, 15) is 21.6 Å². The Labute approximate surface area is 104 Å². The fourth-order valence-corrected chi connectivity index (χ4v) is 2.54. The molecule has 1 aromatic rings. The first-order valence-corrected chi connectivity index (χ1v) is 6.47. The van der Waals surface area contributed by atoms with E-state index in [1.807, 2.05) is 0 Å². The first kappa shape index (κ1) is 14.5. The zero-order valence-electron chi connectivity index (χ0n) is 8.62. The maximum Gasteiger partial charge on any atom is 0.574 e. The fraction of sp³-hybridized carbons (Fsp3) is 0.250. The van der Waals surface area contributed by atoms with E-state index in [0.717, 1.165) is 6.92 Å². The lowest BCUT2D eigenvalue weighted by Gasteiger charge is -2.10. The molecule has 18 heavy (non-hydrogen) atoms. The number of alkyl halides is 3. The molecule has 0 fully saturated rings. The van der Waals surface area contributed by atoms with Gasteiger partial charge < -0.3 is 4.74 Å². The summed E-state index contributed by atoms with van der Waals surface area (Å²) in [6.45, 7) is 1.10. The lowest BCUT2D eigenvalue weighted by molar-refractivity contribution is -0.276. The smallest absolute Gasteiger partial charge is 0.388 e. The number of nitrogens with zero attached hydrogens (tertiary/aromatic N) is 2. The number of ether oxygens (including phenoxy) is 1. The molecule has 0 amide bonds. The van der Waals surface area contributed by atoms with Crippen LogP contribution < -0.4 is 4.74 Å². The highest BCUT2D eigenvalue weighted by Crippen LogP contribution is 2.28. The highest BCUT2D eigenvalue weighted by atomic mass is 35.7. The van der Waals surface area contributed by atoms with Crippen molar-refractivity contribution in [3.8, 4) is 11.9 Å². The van der Waals surface area contributed by atoms with E-state index < -0.39 is 31.8 Å². The summed E-state index contributed by atoms with van der Waals surface area (Å²) >= 11 is 0. The normalized spacial score (nSPS) is 12.0. The number of hydrogen-bond donors (Lipinski definition) is 0. The SMILES string of the molecule is Cc1nc(OC(F)(F)F)cc(C#N)c1S(=O)(=O)Cl. The van der Waals surface area contributed by atoms with Gasteiger partial charge in [-0.3, -0.25) is 0 Å². The van der Waals surface area contributed by atoms with E-state index in [4.69, 9.17) is 15.9 Å². The number of rotatable bonds is 2. The second-order valence-corrected chi connectivity index (χ2v) is 5.52. The van der Waals surface area contributed by atoms with Gasteiger partial charge in [-0.25, -0.2) is 13.4 Å². The monoisotopic (exact) mass is 300 g/mol. The Kier molecular flexibility index (Phi) is 3.73. The van der Waals surface area contributed by atoms with Crippen molar-refractivity contribution in [3.63, 3.8) is 0 Å². The quantitative estimate of drug-likeness (QED) is 0.781. The minimum Gasteiger partial charge on any atom is -0.388 e. The summed E-state index contributed by atoms with van der Waals surface area (Å²) < 4.78 is 61.6. The number of hydrogen-bond acceptors (Lipinski definition) is 5. The molecule has 0 radical (unpaired) electrons. The molecular weight excluding hydrogens is 297 g/mol. The number of nitriles is 1. The molecule has 0 aromatic carbocycles. The highest BCUT2D eigenvalue weighted by molar-refractivity contribution is 8.13. The standard InChI is InChI=1S/C8H4ClF3N2O3S/c1-4-7(18(9,15)16)5(3-13)2-6(14-4)17-8(10,11)12/h2H,1H3. The molecule has 98 valence electrons. The largest absolute Gasteiger partial charge is 0.574 e. The van der Waals surface area contributed by atoms with E-state index in [1.165, 1.54) is 6.07 Å². The summed E-state index contributed by atoms with van der Waals surface area (Å²) in [5.41, 5.74) is -0.931. The third-order valence-corrected chi connectivity index (χ3v) is 3.17. The molecule has 0 aliphatic rings. The molecule has 0 atom stereocenters. The van der Waals surface area contributed by atoms with Crippen LogP contribution in [0.2, 0.25) is 0 Å². The van der Waals surface area contributed by atoms with E-state index in [1.54, 1.807) is 0 Å². The second-order valence-electron chi connectivity index (χ2n) is 3.02. The molecule has 1 aromatic heterocycles. The molecule has 0 spiro atoms. The third kappa shape index (κ3) is 3.48. The fourth-order valence-electron chi connectivity index (χ4n) is 1.19. The van der Waals surface area contributed by atoms with Gasteiger partial charge in [0.05, 0.1) is 11.3 Å². The Morgan fingerprint density at radius 2 is 2.06 bits per heavy atom. The predicted octanol–water partition coefficient (Wildman–Crippen LogP) is 2.09. The highest BCUT2D eigenvalue weighted by Gasteiger charge is 2.33. The molecule has 1 heterocycles. The van der Waals surface area contributed by atoms with Gasteiger partial charge in [0.1, 0.15) is 11.0 Å². The molecule has 0 saturated carbocycles. The summed E-state index contributed by atoms with van der Waals surface area (Å²) in [5, 5.41) is 8.69. The zero-order valence-corrected chi connectivity index (χ0v) is 10.2. The van der Waals surface area contributed by atoms with Gasteiger partial charge in [-0.05, 0) is 6.92 Å². The second kappa shape index (κ2) is 4.62. The van der Waals surface area contributed by atoms with Crippen molar-refractivity contribution >= 4 is 19.7 Å². The molecule has 0 aliphatic carbocycles. The molecule has 0 bridgehead atoms. The van der Waals surface area contributed by atoms with E-state index in [2.05, 4.69) is 9.72 Å². The van der Waals surface area contributed by atoms with Gasteiger partial charge >= 0.3 is 6.36 Å².